The number of amides is 5. The van der Waals surface area contributed by atoms with Crippen molar-refractivity contribution >= 4 is 35.3 Å². The van der Waals surface area contributed by atoms with Crippen LogP contribution in [-0.4, -0.2) is 87.4 Å². The van der Waals surface area contributed by atoms with Gasteiger partial charge in [0.25, 0.3) is 11.8 Å². The van der Waals surface area contributed by atoms with Gasteiger partial charge in [0.1, 0.15) is 23.8 Å². The van der Waals surface area contributed by atoms with Gasteiger partial charge in [-0.3, -0.25) is 33.8 Å². The molecule has 1 saturated heterocycles. The molecule has 1 aliphatic carbocycles. The molecule has 1 saturated carbocycles. The zero-order valence-electron chi connectivity index (χ0n) is 31.1. The molecule has 5 amide bonds. The number of unbranched alkanes of at least 4 members (excludes halogenated alkanes) is 1. The van der Waals surface area contributed by atoms with Gasteiger partial charge in [-0.1, -0.05) is 77.5 Å². The Labute approximate surface area is 302 Å². The maximum absolute atomic E-state index is 14.6. The molecule has 5 atom stereocenters. The van der Waals surface area contributed by atoms with Gasteiger partial charge >= 0.3 is 0 Å². The van der Waals surface area contributed by atoms with Crippen molar-refractivity contribution in [3.05, 3.63) is 48.6 Å². The first-order valence-electron chi connectivity index (χ1n) is 18.3. The van der Waals surface area contributed by atoms with E-state index >= 15 is 0 Å². The number of nitrogens with zero attached hydrogens (tertiary/aromatic N) is 3. The Morgan fingerprint density at radius 2 is 1.71 bits per heavy atom. The second kappa shape index (κ2) is 19.3. The van der Waals surface area contributed by atoms with E-state index < -0.39 is 64.9 Å². The van der Waals surface area contributed by atoms with Gasteiger partial charge in [-0.05, 0) is 50.9 Å². The zero-order valence-corrected chi connectivity index (χ0v) is 31.1. The fraction of sp³-hybridized carbons (Fsp3) is 0.632. The van der Waals surface area contributed by atoms with Crippen LogP contribution < -0.4 is 21.3 Å². The molecular formula is C38H57N7O6. The van der Waals surface area contributed by atoms with E-state index in [2.05, 4.69) is 37.8 Å². The lowest BCUT2D eigenvalue weighted by atomic mass is 9.82. The average molecular weight is 708 g/mol. The highest BCUT2D eigenvalue weighted by Gasteiger charge is 2.47. The van der Waals surface area contributed by atoms with Crippen LogP contribution in [0.4, 0.5) is 0 Å². The normalized spacial score (nSPS) is 19.5. The van der Waals surface area contributed by atoms with Gasteiger partial charge in [0, 0.05) is 31.4 Å². The lowest BCUT2D eigenvalue weighted by molar-refractivity contribution is -0.146. The number of carbonyl (C=O) groups is 6. The lowest BCUT2D eigenvalue weighted by Gasteiger charge is -2.38. The number of aromatic nitrogens is 2. The fourth-order valence-corrected chi connectivity index (χ4v) is 6.89. The number of Topliss-reactive ketones (excluding diaryl/α,β-unsaturated/α-hetero) is 1. The minimum Gasteiger partial charge on any atom is -0.346 e. The SMILES string of the molecule is C=CCNC(=O)C(=O)C(CCCC)NC(=O)[C@@H]1[C@@H](C=C(C)C)CCN1C(=O)[C@@H](NC(=O)[C@@H](NC(=O)c1cnccn1)C1CCCCC1)C(C)(C)C. The van der Waals surface area contributed by atoms with E-state index in [4.69, 9.17) is 0 Å². The van der Waals surface area contributed by atoms with Crippen LogP contribution in [-0.2, 0) is 24.0 Å². The van der Waals surface area contributed by atoms with Gasteiger partial charge in [-0.15, -0.1) is 6.58 Å². The van der Waals surface area contributed by atoms with Gasteiger partial charge in [-0.2, -0.15) is 0 Å². The van der Waals surface area contributed by atoms with Crippen molar-refractivity contribution in [1.82, 2.24) is 36.1 Å². The van der Waals surface area contributed by atoms with Gasteiger partial charge < -0.3 is 26.2 Å². The van der Waals surface area contributed by atoms with Crippen molar-refractivity contribution in [2.75, 3.05) is 13.1 Å². The first-order chi connectivity index (χ1) is 24.2. The number of hydrogen-bond acceptors (Lipinski definition) is 8. The standard InChI is InChI=1S/C38H57N7O6/c1-8-10-16-27(31(46)36(50)41-18-9-2)42-35(49)30-26(22-24(3)4)17-21-45(30)37(51)32(38(5,6)7)44-34(48)29(25-14-12-11-13-15-25)43-33(47)28-23-39-19-20-40-28/h9,19-20,22-23,25-27,29-30,32H,2,8,10-18,21H2,1,3-7H3,(H,41,50)(H,42,49)(H,43,47)(H,44,48)/t26-,27?,29+,30+,32-/m1/s1. The number of allylic oxidation sites excluding steroid dienone is 1. The molecule has 0 radical (unpaired) electrons. The van der Waals surface area contributed by atoms with E-state index in [-0.39, 0.29) is 37.0 Å². The van der Waals surface area contributed by atoms with Gasteiger partial charge in [0.15, 0.2) is 0 Å². The lowest BCUT2D eigenvalue weighted by Crippen LogP contribution is -2.62. The van der Waals surface area contributed by atoms with Crippen LogP contribution >= 0.6 is 0 Å². The maximum Gasteiger partial charge on any atom is 0.289 e. The Bertz CT molecular complexity index is 1430. The summed E-state index contributed by atoms with van der Waals surface area (Å²) in [5.41, 5.74) is 0.265. The molecule has 1 unspecified atom stereocenters. The summed E-state index contributed by atoms with van der Waals surface area (Å²) in [5.74, 6) is -4.05. The Morgan fingerprint density at radius 3 is 2.29 bits per heavy atom. The number of carbonyl (C=O) groups excluding carboxylic acids is 6. The summed E-state index contributed by atoms with van der Waals surface area (Å²) in [4.78, 5) is 91.4. The molecule has 0 bridgehead atoms. The first kappa shape index (κ1) is 41.0. The molecule has 51 heavy (non-hydrogen) atoms. The zero-order chi connectivity index (χ0) is 37.7. The molecule has 0 spiro atoms. The smallest absolute Gasteiger partial charge is 0.289 e. The molecule has 13 heteroatoms. The van der Waals surface area contributed by atoms with Crippen LogP contribution in [0.1, 0.15) is 110 Å². The van der Waals surface area contributed by atoms with E-state index in [0.717, 1.165) is 44.1 Å². The van der Waals surface area contributed by atoms with Crippen molar-refractivity contribution in [1.29, 1.82) is 0 Å². The summed E-state index contributed by atoms with van der Waals surface area (Å²) >= 11 is 0. The van der Waals surface area contributed by atoms with E-state index in [9.17, 15) is 28.8 Å². The predicted octanol–water partition coefficient (Wildman–Crippen LogP) is 3.42. The van der Waals surface area contributed by atoms with Gasteiger partial charge in [-0.25, -0.2) is 4.98 Å². The third-order valence-corrected chi connectivity index (χ3v) is 9.54. The molecule has 2 fully saturated rings. The number of hydrogen-bond donors (Lipinski definition) is 4. The topological polar surface area (TPSA) is 180 Å². The van der Waals surface area contributed by atoms with E-state index in [1.807, 2.05) is 47.6 Å². The number of ketones is 1. The molecule has 13 nitrogen and oxygen atoms in total. The Kier molecular flexibility index (Phi) is 15.5. The van der Waals surface area contributed by atoms with Crippen molar-refractivity contribution in [2.24, 2.45) is 17.3 Å². The molecule has 280 valence electrons. The molecule has 0 aromatic carbocycles. The summed E-state index contributed by atoms with van der Waals surface area (Å²) in [5, 5.41) is 11.2. The van der Waals surface area contributed by atoms with Gasteiger partial charge in [0.05, 0.1) is 12.2 Å². The second-order valence-electron chi connectivity index (χ2n) is 15.0. The molecule has 1 aromatic rings. The molecule has 1 aromatic heterocycles. The van der Waals surface area contributed by atoms with E-state index in [1.165, 1.54) is 29.6 Å². The van der Waals surface area contributed by atoms with Crippen molar-refractivity contribution in [3.8, 4) is 0 Å². The summed E-state index contributed by atoms with van der Waals surface area (Å²) in [6, 6.07) is -4.01. The first-order valence-corrected chi connectivity index (χ1v) is 18.3. The molecular weight excluding hydrogens is 650 g/mol. The minimum atomic E-state index is -1.07. The number of nitrogens with one attached hydrogen (secondary N) is 4. The highest BCUT2D eigenvalue weighted by Crippen LogP contribution is 2.32. The van der Waals surface area contributed by atoms with Crippen molar-refractivity contribution < 1.29 is 28.8 Å². The monoisotopic (exact) mass is 707 g/mol. The fourth-order valence-electron chi connectivity index (χ4n) is 6.89. The average Bonchev–Trinajstić information content (AvgIpc) is 3.52. The van der Waals surface area contributed by atoms with Crippen LogP contribution in [0.2, 0.25) is 0 Å². The van der Waals surface area contributed by atoms with Crippen LogP contribution in [0, 0.1) is 17.3 Å². The number of rotatable bonds is 16. The van der Waals surface area contributed by atoms with E-state index in [0.29, 0.717) is 12.8 Å². The molecule has 2 aliphatic rings. The Hall–Kier alpha value is -4.42. The largest absolute Gasteiger partial charge is 0.346 e. The van der Waals surface area contributed by atoms with Crippen LogP contribution in [0.15, 0.2) is 42.9 Å². The second-order valence-corrected chi connectivity index (χ2v) is 15.0. The quantitative estimate of drug-likeness (QED) is 0.149. The molecule has 1 aliphatic heterocycles. The summed E-state index contributed by atoms with van der Waals surface area (Å²) in [7, 11) is 0. The maximum atomic E-state index is 14.6. The predicted molar refractivity (Wildman–Crippen MR) is 194 cm³/mol. The van der Waals surface area contributed by atoms with E-state index in [1.54, 1.807) is 0 Å². The van der Waals surface area contributed by atoms with Crippen molar-refractivity contribution in [3.63, 3.8) is 0 Å². The minimum absolute atomic E-state index is 0.0831. The van der Waals surface area contributed by atoms with Crippen LogP contribution in [0.5, 0.6) is 0 Å². The van der Waals surface area contributed by atoms with Crippen LogP contribution in [0.25, 0.3) is 0 Å². The number of likely N-dealkylation sites (tertiary alicyclic amines) is 1. The highest BCUT2D eigenvalue weighted by molar-refractivity contribution is 6.38. The summed E-state index contributed by atoms with van der Waals surface area (Å²) in [6.45, 7) is 15.2. The third kappa shape index (κ3) is 11.5. The Balaban J connectivity index is 1.92. The molecule has 4 N–H and O–H groups in total. The third-order valence-electron chi connectivity index (χ3n) is 9.54. The summed E-state index contributed by atoms with van der Waals surface area (Å²) in [6.07, 6.45) is 14.1. The molecule has 3 rings (SSSR count). The van der Waals surface area contributed by atoms with Gasteiger partial charge in [0.2, 0.25) is 23.5 Å². The molecule has 2 heterocycles. The summed E-state index contributed by atoms with van der Waals surface area (Å²) < 4.78 is 0. The van der Waals surface area contributed by atoms with Crippen molar-refractivity contribution in [2.45, 2.75) is 123 Å². The highest BCUT2D eigenvalue weighted by atomic mass is 16.2. The van der Waals surface area contributed by atoms with Crippen LogP contribution in [0.3, 0.4) is 0 Å². The Morgan fingerprint density at radius 1 is 1.00 bits per heavy atom.